The fourth-order valence-corrected chi connectivity index (χ4v) is 2.58. The Morgan fingerprint density at radius 3 is 2.67 bits per heavy atom. The summed E-state index contributed by atoms with van der Waals surface area (Å²) < 4.78 is 10.2. The van der Waals surface area contributed by atoms with Gasteiger partial charge in [0, 0.05) is 12.6 Å². The molecule has 7 nitrogen and oxygen atoms in total. The number of hydrogen-bond donors (Lipinski definition) is 1. The maximum Gasteiger partial charge on any atom is 0.249 e. The van der Waals surface area contributed by atoms with Crippen molar-refractivity contribution in [3.63, 3.8) is 0 Å². The molecule has 1 heterocycles. The minimum Gasteiger partial charge on any atom is -0.367 e. The van der Waals surface area contributed by atoms with E-state index in [0.717, 1.165) is 31.2 Å². The molecule has 2 aromatic rings. The Bertz CT molecular complexity index is 674. The number of anilines is 1. The Balaban J connectivity index is 1.83. The van der Waals surface area contributed by atoms with Crippen molar-refractivity contribution in [2.45, 2.75) is 39.2 Å². The summed E-state index contributed by atoms with van der Waals surface area (Å²) in [6.45, 7) is 2.93. The second-order valence-electron chi connectivity index (χ2n) is 6.29. The lowest BCUT2D eigenvalue weighted by molar-refractivity contribution is -0.139. The lowest BCUT2D eigenvalue weighted by atomic mass is 10.2. The van der Waals surface area contributed by atoms with Crippen LogP contribution in [0, 0.1) is 0 Å². The molecule has 27 heavy (non-hydrogen) atoms. The molecule has 0 radical (unpaired) electrons. The highest BCUT2D eigenvalue weighted by atomic mass is 16.5. The van der Waals surface area contributed by atoms with Crippen LogP contribution in [0.25, 0.3) is 0 Å². The first-order valence-electron chi connectivity index (χ1n) is 9.28. The quantitative estimate of drug-likeness (QED) is 0.577. The van der Waals surface area contributed by atoms with Gasteiger partial charge in [0.2, 0.25) is 11.8 Å². The number of hydrogen-bond acceptors (Lipinski definition) is 5. The molecular weight excluding hydrogens is 346 g/mol. The van der Waals surface area contributed by atoms with Crippen LogP contribution in [-0.2, 0) is 20.9 Å². The van der Waals surface area contributed by atoms with Crippen molar-refractivity contribution < 1.29 is 18.8 Å². The molecule has 1 N–H and O–H groups in total. The third-order valence-electron chi connectivity index (χ3n) is 4.01. The smallest absolute Gasteiger partial charge is 0.249 e. The van der Waals surface area contributed by atoms with E-state index < -0.39 is 0 Å². The number of benzene rings is 1. The lowest BCUT2D eigenvalue weighted by Crippen LogP contribution is -2.40. The first kappa shape index (κ1) is 20.6. The molecule has 0 aliphatic heterocycles. The molecule has 0 aliphatic carbocycles. The molecule has 2 amide bonds. The third kappa shape index (κ3) is 8.04. The van der Waals surface area contributed by atoms with E-state index >= 15 is 0 Å². The number of aromatic nitrogens is 1. The molecule has 0 bridgehead atoms. The summed E-state index contributed by atoms with van der Waals surface area (Å²) >= 11 is 0. The molecule has 0 unspecified atom stereocenters. The Morgan fingerprint density at radius 2 is 1.96 bits per heavy atom. The van der Waals surface area contributed by atoms with E-state index in [0.29, 0.717) is 19.0 Å². The maximum atomic E-state index is 12.5. The Morgan fingerprint density at radius 1 is 1.15 bits per heavy atom. The average molecular weight is 373 g/mol. The summed E-state index contributed by atoms with van der Waals surface area (Å²) in [7, 11) is 0. The molecule has 0 fully saturated rings. The van der Waals surface area contributed by atoms with Crippen LogP contribution in [0.5, 0.6) is 0 Å². The van der Waals surface area contributed by atoms with E-state index in [9.17, 15) is 9.59 Å². The zero-order valence-electron chi connectivity index (χ0n) is 15.7. The first-order chi connectivity index (χ1) is 13.2. The molecule has 0 saturated heterocycles. The molecule has 1 aromatic carbocycles. The summed E-state index contributed by atoms with van der Waals surface area (Å²) in [5, 5.41) is 6.26. The SMILES string of the molecule is CCCCCCN(CC(=O)Nc1ccon1)C(=O)COCc1ccccc1. The van der Waals surface area contributed by atoms with Crippen molar-refractivity contribution in [1.82, 2.24) is 10.1 Å². The van der Waals surface area contributed by atoms with Gasteiger partial charge in [-0.25, -0.2) is 0 Å². The molecular formula is C20H27N3O4. The van der Waals surface area contributed by atoms with Gasteiger partial charge in [-0.1, -0.05) is 61.7 Å². The summed E-state index contributed by atoms with van der Waals surface area (Å²) in [5.74, 6) is -0.174. The Hall–Kier alpha value is -2.67. The van der Waals surface area contributed by atoms with Gasteiger partial charge in [-0.05, 0) is 12.0 Å². The number of ether oxygens (including phenoxy) is 1. The predicted molar refractivity (Wildman–Crippen MR) is 102 cm³/mol. The van der Waals surface area contributed by atoms with Crippen molar-refractivity contribution in [3.8, 4) is 0 Å². The van der Waals surface area contributed by atoms with Crippen molar-refractivity contribution >= 4 is 17.6 Å². The van der Waals surface area contributed by atoms with Crippen molar-refractivity contribution in [3.05, 3.63) is 48.2 Å². The third-order valence-corrected chi connectivity index (χ3v) is 4.01. The summed E-state index contributed by atoms with van der Waals surface area (Å²) in [5.41, 5.74) is 1.00. The van der Waals surface area contributed by atoms with E-state index in [1.807, 2.05) is 30.3 Å². The summed E-state index contributed by atoms with van der Waals surface area (Å²) in [6.07, 6.45) is 5.48. The van der Waals surface area contributed by atoms with E-state index in [1.165, 1.54) is 11.2 Å². The van der Waals surface area contributed by atoms with Gasteiger partial charge in [-0.3, -0.25) is 9.59 Å². The number of amides is 2. The van der Waals surface area contributed by atoms with E-state index in [-0.39, 0.29) is 25.0 Å². The number of nitrogens with zero attached hydrogens (tertiary/aromatic N) is 2. The van der Waals surface area contributed by atoms with Crippen LogP contribution < -0.4 is 5.32 Å². The molecule has 0 saturated carbocycles. The zero-order valence-corrected chi connectivity index (χ0v) is 15.7. The van der Waals surface area contributed by atoms with Crippen LogP contribution in [0.2, 0.25) is 0 Å². The van der Waals surface area contributed by atoms with Gasteiger partial charge in [0.25, 0.3) is 0 Å². The fourth-order valence-electron chi connectivity index (χ4n) is 2.58. The topological polar surface area (TPSA) is 84.7 Å². The molecule has 7 heteroatoms. The zero-order chi connectivity index (χ0) is 19.3. The number of unbranched alkanes of at least 4 members (excludes halogenated alkanes) is 3. The van der Waals surface area contributed by atoms with E-state index in [4.69, 9.17) is 4.74 Å². The molecule has 0 atom stereocenters. The van der Waals surface area contributed by atoms with Gasteiger partial charge in [-0.15, -0.1) is 0 Å². The average Bonchev–Trinajstić information content (AvgIpc) is 3.18. The van der Waals surface area contributed by atoms with Crippen molar-refractivity contribution in [1.29, 1.82) is 0 Å². The van der Waals surface area contributed by atoms with Crippen LogP contribution in [0.3, 0.4) is 0 Å². The van der Waals surface area contributed by atoms with Crippen molar-refractivity contribution in [2.75, 3.05) is 25.0 Å². The highest BCUT2D eigenvalue weighted by Crippen LogP contribution is 2.06. The molecule has 0 spiro atoms. The Labute approximate surface area is 159 Å². The minimum absolute atomic E-state index is 0.0352. The summed E-state index contributed by atoms with van der Waals surface area (Å²) in [6, 6.07) is 11.2. The van der Waals surface area contributed by atoms with E-state index in [2.05, 4.69) is 21.9 Å². The van der Waals surface area contributed by atoms with Gasteiger partial charge in [-0.2, -0.15) is 0 Å². The Kier molecular flexibility index (Phi) is 9.06. The van der Waals surface area contributed by atoms with Gasteiger partial charge in [0.1, 0.15) is 12.9 Å². The monoisotopic (exact) mass is 373 g/mol. The van der Waals surface area contributed by atoms with Crippen molar-refractivity contribution in [2.24, 2.45) is 0 Å². The van der Waals surface area contributed by atoms with Gasteiger partial charge < -0.3 is 19.5 Å². The molecule has 146 valence electrons. The second kappa shape index (κ2) is 11.9. The number of carbonyl (C=O) groups is 2. The van der Waals surface area contributed by atoms with Crippen LogP contribution >= 0.6 is 0 Å². The highest BCUT2D eigenvalue weighted by molar-refractivity contribution is 5.93. The number of nitrogens with one attached hydrogen (secondary N) is 1. The summed E-state index contributed by atoms with van der Waals surface area (Å²) in [4.78, 5) is 26.2. The van der Waals surface area contributed by atoms with Crippen LogP contribution in [0.1, 0.15) is 38.2 Å². The predicted octanol–water partition coefficient (Wildman–Crippen LogP) is 3.24. The standard InChI is InChI=1S/C20H27N3O4/c1-2-3-4-8-12-23(14-19(24)21-18-11-13-27-22-18)20(25)16-26-15-17-9-6-5-7-10-17/h5-7,9-11,13H,2-4,8,12,14-16H2,1H3,(H,21,22,24). The van der Waals surface area contributed by atoms with Gasteiger partial charge in [0.15, 0.2) is 5.82 Å². The largest absolute Gasteiger partial charge is 0.367 e. The number of rotatable bonds is 12. The minimum atomic E-state index is -0.309. The fraction of sp³-hybridized carbons (Fsp3) is 0.450. The van der Waals surface area contributed by atoms with Crippen LogP contribution in [0.4, 0.5) is 5.82 Å². The maximum absolute atomic E-state index is 12.5. The molecule has 2 rings (SSSR count). The normalized spacial score (nSPS) is 10.6. The molecule has 1 aromatic heterocycles. The van der Waals surface area contributed by atoms with Gasteiger partial charge >= 0.3 is 0 Å². The second-order valence-corrected chi connectivity index (χ2v) is 6.29. The lowest BCUT2D eigenvalue weighted by Gasteiger charge is -2.22. The van der Waals surface area contributed by atoms with Gasteiger partial charge in [0.05, 0.1) is 13.2 Å². The van der Waals surface area contributed by atoms with Crippen LogP contribution in [-0.4, -0.2) is 41.6 Å². The van der Waals surface area contributed by atoms with Crippen LogP contribution in [0.15, 0.2) is 47.2 Å². The highest BCUT2D eigenvalue weighted by Gasteiger charge is 2.17. The first-order valence-corrected chi connectivity index (χ1v) is 9.28. The molecule has 0 aliphatic rings. The van der Waals surface area contributed by atoms with E-state index in [1.54, 1.807) is 6.07 Å². The number of carbonyl (C=O) groups excluding carboxylic acids is 2.